The maximum Gasteiger partial charge on any atom is 0.271 e. The molecule has 8 nitrogen and oxygen atoms in total. The molecule has 2 aromatic heterocycles. The van der Waals surface area contributed by atoms with E-state index in [9.17, 15) is 14.9 Å². The number of hydrogen-bond donors (Lipinski definition) is 0. The highest BCUT2D eigenvalue weighted by atomic mass is 32.1. The zero-order valence-corrected chi connectivity index (χ0v) is 13.7. The quantitative estimate of drug-likeness (QED) is 0.521. The SMILES string of the molecule is O=c1/c(=C/c2ccco2)sc2n1CN(c1ccc([N+](=O)[O-])cc1)CN=2. The minimum Gasteiger partial charge on any atom is -0.465 e. The van der Waals surface area contributed by atoms with Gasteiger partial charge < -0.3 is 9.32 Å². The van der Waals surface area contributed by atoms with E-state index in [1.807, 2.05) is 4.90 Å². The van der Waals surface area contributed by atoms with Crippen molar-refractivity contribution in [2.75, 3.05) is 11.6 Å². The normalized spacial score (nSPS) is 14.2. The Morgan fingerprint density at radius 2 is 2.08 bits per heavy atom. The van der Waals surface area contributed by atoms with E-state index >= 15 is 0 Å². The highest BCUT2D eigenvalue weighted by Gasteiger charge is 2.17. The van der Waals surface area contributed by atoms with Gasteiger partial charge in [-0.25, -0.2) is 4.99 Å². The Balaban J connectivity index is 1.67. The lowest BCUT2D eigenvalue weighted by Gasteiger charge is -2.25. The second-order valence-corrected chi connectivity index (χ2v) is 6.41. The Morgan fingerprint density at radius 3 is 2.76 bits per heavy atom. The van der Waals surface area contributed by atoms with Gasteiger partial charge >= 0.3 is 0 Å². The first-order chi connectivity index (χ1) is 12.1. The minimum atomic E-state index is -0.442. The van der Waals surface area contributed by atoms with Crippen LogP contribution in [0, 0.1) is 10.1 Å². The fourth-order valence-electron chi connectivity index (χ4n) is 2.56. The fraction of sp³-hybridized carbons (Fsp3) is 0.125. The second-order valence-electron chi connectivity index (χ2n) is 5.40. The van der Waals surface area contributed by atoms with E-state index < -0.39 is 4.92 Å². The summed E-state index contributed by atoms with van der Waals surface area (Å²) in [7, 11) is 0. The summed E-state index contributed by atoms with van der Waals surface area (Å²) in [4.78, 5) is 29.9. The van der Waals surface area contributed by atoms with Crippen LogP contribution in [-0.2, 0) is 6.67 Å². The van der Waals surface area contributed by atoms with Crippen LogP contribution in [0.4, 0.5) is 11.4 Å². The standard InChI is InChI=1S/C16H12N4O4S/c21-15-14(8-13-2-1-7-24-13)25-16-17-9-18(10-19(15)16)11-3-5-12(6-4-11)20(22)23/h1-8H,9-10H2/b14-8-. The number of nitrogens with zero attached hydrogens (tertiary/aromatic N) is 4. The first-order valence-electron chi connectivity index (χ1n) is 7.40. The van der Waals surface area contributed by atoms with E-state index in [-0.39, 0.29) is 11.2 Å². The number of anilines is 1. The highest BCUT2D eigenvalue weighted by molar-refractivity contribution is 7.07. The average molecular weight is 356 g/mol. The molecule has 4 rings (SSSR count). The number of nitro benzene ring substituents is 1. The molecular formula is C16H12N4O4S. The van der Waals surface area contributed by atoms with Gasteiger partial charge in [-0.1, -0.05) is 11.3 Å². The number of rotatable bonds is 3. The number of benzene rings is 1. The number of aromatic nitrogens is 1. The number of nitro groups is 1. The van der Waals surface area contributed by atoms with Crippen LogP contribution in [0.5, 0.6) is 0 Å². The molecule has 0 spiro atoms. The van der Waals surface area contributed by atoms with Crippen molar-refractivity contribution in [2.24, 2.45) is 4.99 Å². The minimum absolute atomic E-state index is 0.0291. The molecule has 0 atom stereocenters. The third kappa shape index (κ3) is 2.85. The molecular weight excluding hydrogens is 344 g/mol. The van der Waals surface area contributed by atoms with E-state index in [0.29, 0.717) is 28.4 Å². The molecule has 3 heterocycles. The molecule has 0 amide bonds. The van der Waals surface area contributed by atoms with Gasteiger partial charge in [0.2, 0.25) is 0 Å². The summed E-state index contributed by atoms with van der Waals surface area (Å²) in [6.45, 7) is 0.732. The van der Waals surface area contributed by atoms with Gasteiger partial charge in [0.05, 0.1) is 15.7 Å². The summed E-state index contributed by atoms with van der Waals surface area (Å²) < 4.78 is 7.39. The van der Waals surface area contributed by atoms with E-state index in [1.165, 1.54) is 23.5 Å². The number of non-ortho nitro benzene ring substituents is 1. The van der Waals surface area contributed by atoms with Gasteiger partial charge in [0.1, 0.15) is 19.1 Å². The third-order valence-corrected chi connectivity index (χ3v) is 4.86. The lowest BCUT2D eigenvalue weighted by atomic mass is 10.2. The smallest absolute Gasteiger partial charge is 0.271 e. The van der Waals surface area contributed by atoms with Crippen LogP contribution < -0.4 is 19.8 Å². The van der Waals surface area contributed by atoms with Crippen molar-refractivity contribution in [3.8, 4) is 0 Å². The zero-order valence-electron chi connectivity index (χ0n) is 12.9. The largest absolute Gasteiger partial charge is 0.465 e. The Labute approximate surface area is 144 Å². The van der Waals surface area contributed by atoms with Crippen molar-refractivity contribution in [3.05, 3.63) is 78.2 Å². The van der Waals surface area contributed by atoms with E-state index in [1.54, 1.807) is 41.2 Å². The maximum absolute atomic E-state index is 12.6. The van der Waals surface area contributed by atoms with E-state index in [4.69, 9.17) is 4.42 Å². The van der Waals surface area contributed by atoms with Crippen molar-refractivity contribution in [1.82, 2.24) is 4.57 Å². The molecule has 0 bridgehead atoms. The summed E-state index contributed by atoms with van der Waals surface area (Å²) in [5, 5.41) is 10.7. The Morgan fingerprint density at radius 1 is 1.28 bits per heavy atom. The molecule has 9 heteroatoms. The Kier molecular flexibility index (Phi) is 3.69. The monoisotopic (exact) mass is 356 g/mol. The number of fused-ring (bicyclic) bond motifs is 1. The topological polar surface area (TPSA) is 93.9 Å². The fourth-order valence-corrected chi connectivity index (χ4v) is 3.51. The van der Waals surface area contributed by atoms with Gasteiger partial charge in [0, 0.05) is 23.9 Å². The van der Waals surface area contributed by atoms with Gasteiger partial charge in [-0.15, -0.1) is 0 Å². The molecule has 1 aromatic carbocycles. The Bertz CT molecular complexity index is 1100. The molecule has 0 N–H and O–H groups in total. The molecule has 0 aliphatic carbocycles. The lowest BCUT2D eigenvalue weighted by molar-refractivity contribution is -0.384. The van der Waals surface area contributed by atoms with Gasteiger partial charge in [-0.3, -0.25) is 19.5 Å². The van der Waals surface area contributed by atoms with Gasteiger partial charge in [-0.05, 0) is 24.3 Å². The first kappa shape index (κ1) is 15.3. The summed E-state index contributed by atoms with van der Waals surface area (Å²) in [5.41, 5.74) is 0.669. The molecule has 3 aromatic rings. The maximum atomic E-state index is 12.6. The second kappa shape index (κ2) is 6.02. The summed E-state index contributed by atoms with van der Waals surface area (Å²) >= 11 is 1.32. The van der Waals surface area contributed by atoms with Crippen LogP contribution in [-0.4, -0.2) is 16.2 Å². The molecule has 126 valence electrons. The van der Waals surface area contributed by atoms with Crippen LogP contribution in [0.25, 0.3) is 6.08 Å². The molecule has 0 radical (unpaired) electrons. The van der Waals surface area contributed by atoms with Crippen molar-refractivity contribution >= 4 is 28.8 Å². The predicted octanol–water partition coefficient (Wildman–Crippen LogP) is 1.29. The van der Waals surface area contributed by atoms with Crippen molar-refractivity contribution < 1.29 is 9.34 Å². The van der Waals surface area contributed by atoms with Gasteiger partial charge in [0.25, 0.3) is 11.2 Å². The molecule has 1 aliphatic rings. The van der Waals surface area contributed by atoms with E-state index in [0.717, 1.165) is 5.69 Å². The van der Waals surface area contributed by atoms with Crippen LogP contribution >= 0.6 is 11.3 Å². The van der Waals surface area contributed by atoms with Crippen molar-refractivity contribution in [2.45, 2.75) is 6.67 Å². The van der Waals surface area contributed by atoms with E-state index in [2.05, 4.69) is 4.99 Å². The average Bonchev–Trinajstić information content (AvgIpc) is 3.24. The summed E-state index contributed by atoms with van der Waals surface area (Å²) in [6.07, 6.45) is 3.25. The van der Waals surface area contributed by atoms with Crippen LogP contribution in [0.1, 0.15) is 5.76 Å². The molecule has 0 saturated heterocycles. The number of thiazole rings is 1. The zero-order chi connectivity index (χ0) is 17.4. The molecule has 25 heavy (non-hydrogen) atoms. The highest BCUT2D eigenvalue weighted by Crippen LogP contribution is 2.20. The molecule has 1 aliphatic heterocycles. The van der Waals surface area contributed by atoms with Gasteiger partial charge in [-0.2, -0.15) is 0 Å². The van der Waals surface area contributed by atoms with Gasteiger partial charge in [0.15, 0.2) is 4.80 Å². The molecule has 0 fully saturated rings. The number of hydrogen-bond acceptors (Lipinski definition) is 7. The van der Waals surface area contributed by atoms with Crippen LogP contribution in [0.3, 0.4) is 0 Å². The first-order valence-corrected chi connectivity index (χ1v) is 8.22. The summed E-state index contributed by atoms with van der Waals surface area (Å²) in [5.74, 6) is 0.614. The molecule has 0 unspecified atom stereocenters. The lowest BCUT2D eigenvalue weighted by Crippen LogP contribution is -2.42. The third-order valence-electron chi connectivity index (χ3n) is 3.82. The summed E-state index contributed by atoms with van der Waals surface area (Å²) in [6, 6.07) is 9.74. The predicted molar refractivity (Wildman–Crippen MR) is 92.1 cm³/mol. The van der Waals surface area contributed by atoms with Crippen molar-refractivity contribution in [1.29, 1.82) is 0 Å². The molecule has 0 saturated carbocycles. The van der Waals surface area contributed by atoms with Crippen molar-refractivity contribution in [3.63, 3.8) is 0 Å². The Hall–Kier alpha value is -3.20. The van der Waals surface area contributed by atoms with Crippen LogP contribution in [0.15, 0.2) is 56.9 Å². The number of furan rings is 1. The van der Waals surface area contributed by atoms with Crippen LogP contribution in [0.2, 0.25) is 0 Å².